The molecule has 1 N–H and O–H groups in total. The van der Waals surface area contributed by atoms with E-state index in [4.69, 9.17) is 21.4 Å². The summed E-state index contributed by atoms with van der Waals surface area (Å²) < 4.78 is 11.3. The van der Waals surface area contributed by atoms with E-state index in [1.807, 2.05) is 42.5 Å². The van der Waals surface area contributed by atoms with Crippen molar-refractivity contribution >= 4 is 29.0 Å². The number of carbonyl (C=O) groups excluding carboxylic acids is 1. The van der Waals surface area contributed by atoms with Crippen LogP contribution in [0.5, 0.6) is 0 Å². The molecular formula is C28H25N3O3S. The Bertz CT molecular complexity index is 1350. The van der Waals surface area contributed by atoms with Gasteiger partial charge in [0.25, 0.3) is 0 Å². The first-order valence-electron chi connectivity index (χ1n) is 11.5. The van der Waals surface area contributed by atoms with E-state index in [9.17, 15) is 4.79 Å². The molecule has 176 valence electrons. The Hall–Kier alpha value is -3.97. The van der Waals surface area contributed by atoms with Crippen molar-refractivity contribution in [2.45, 2.75) is 25.4 Å². The van der Waals surface area contributed by atoms with E-state index in [0.29, 0.717) is 16.4 Å². The summed E-state index contributed by atoms with van der Waals surface area (Å²) in [6, 6.07) is 24.9. The van der Waals surface area contributed by atoms with E-state index in [-0.39, 0.29) is 18.1 Å². The summed E-state index contributed by atoms with van der Waals surface area (Å²) in [5, 5.41) is 4.06. The average Bonchev–Trinajstić information content (AvgIpc) is 3.53. The molecule has 2 aromatic heterocycles. The number of nitrogens with zero attached hydrogens (tertiary/aromatic N) is 2. The number of rotatable bonds is 6. The lowest BCUT2D eigenvalue weighted by atomic mass is 10.0. The average molecular weight is 484 g/mol. The molecule has 1 saturated heterocycles. The Morgan fingerprint density at radius 2 is 1.91 bits per heavy atom. The highest BCUT2D eigenvalue weighted by molar-refractivity contribution is 7.80. The number of hydrogen-bond acceptors (Lipinski definition) is 5. The van der Waals surface area contributed by atoms with Crippen LogP contribution < -0.4 is 10.2 Å². The van der Waals surface area contributed by atoms with Gasteiger partial charge < -0.3 is 19.4 Å². The lowest BCUT2D eigenvalue weighted by molar-refractivity contribution is 0.0601. The topological polar surface area (TPSA) is 67.6 Å². The molecule has 0 amide bonds. The molecule has 2 atom stereocenters. The summed E-state index contributed by atoms with van der Waals surface area (Å²) in [6.45, 7) is 2.14. The molecule has 35 heavy (non-hydrogen) atoms. The fraction of sp³-hybridized carbons (Fsp3) is 0.179. The van der Waals surface area contributed by atoms with Gasteiger partial charge in [0.05, 0.1) is 24.4 Å². The molecule has 0 bridgehead atoms. The normalized spacial score (nSPS) is 17.3. The third-order valence-electron chi connectivity index (χ3n) is 6.21. The number of aromatic nitrogens is 1. The molecule has 1 fully saturated rings. The third-order valence-corrected chi connectivity index (χ3v) is 6.52. The highest BCUT2D eigenvalue weighted by Crippen LogP contribution is 2.43. The summed E-state index contributed by atoms with van der Waals surface area (Å²) in [5.41, 5.74) is 4.37. The Labute approximate surface area is 209 Å². The number of aryl methyl sites for hydroxylation is 1. The number of hydrogen-bond donors (Lipinski definition) is 1. The second kappa shape index (κ2) is 9.72. The number of methoxy groups -OCH3 is 1. The van der Waals surface area contributed by atoms with Gasteiger partial charge >= 0.3 is 5.97 Å². The van der Waals surface area contributed by atoms with Gasteiger partial charge in [-0.1, -0.05) is 37.3 Å². The molecule has 1 aliphatic heterocycles. The number of thiocarbonyl (C=S) groups is 1. The van der Waals surface area contributed by atoms with Gasteiger partial charge in [-0.05, 0) is 72.7 Å². The summed E-state index contributed by atoms with van der Waals surface area (Å²) in [5.74, 6) is 1.01. The molecular weight excluding hydrogens is 458 g/mol. The van der Waals surface area contributed by atoms with Crippen LogP contribution in [-0.2, 0) is 11.2 Å². The largest absolute Gasteiger partial charge is 0.465 e. The number of ether oxygens (including phenoxy) is 1. The lowest BCUT2D eigenvalue weighted by Crippen LogP contribution is -2.29. The molecule has 0 radical (unpaired) electrons. The monoisotopic (exact) mass is 483 g/mol. The maximum Gasteiger partial charge on any atom is 0.337 e. The summed E-state index contributed by atoms with van der Waals surface area (Å²) >= 11 is 5.79. The zero-order valence-electron chi connectivity index (χ0n) is 19.5. The van der Waals surface area contributed by atoms with Crippen molar-refractivity contribution in [2.75, 3.05) is 12.0 Å². The Morgan fingerprint density at radius 3 is 2.63 bits per heavy atom. The van der Waals surface area contributed by atoms with E-state index in [1.165, 1.54) is 12.7 Å². The molecule has 0 unspecified atom stereocenters. The first-order chi connectivity index (χ1) is 17.1. The van der Waals surface area contributed by atoms with Gasteiger partial charge in [0, 0.05) is 17.4 Å². The molecule has 2 aromatic carbocycles. The SMILES string of the molecule is CCc1ccc(N2C(=S)N[C@H](c3ccccn3)[C@H]2c2ccc(-c3cccc(C(=O)OC)c3)o2)cc1. The number of nitrogens with one attached hydrogen (secondary N) is 1. The number of esters is 1. The van der Waals surface area contributed by atoms with Crippen LogP contribution in [0.2, 0.25) is 0 Å². The second-order valence-electron chi connectivity index (χ2n) is 8.29. The molecule has 3 heterocycles. The minimum Gasteiger partial charge on any atom is -0.465 e. The van der Waals surface area contributed by atoms with Crippen LogP contribution in [0, 0.1) is 0 Å². The van der Waals surface area contributed by atoms with Crippen LogP contribution in [0.3, 0.4) is 0 Å². The molecule has 7 heteroatoms. The standard InChI is InChI=1S/C28H25N3O3S/c1-3-18-10-12-21(13-11-18)31-26(25(30-28(31)35)22-9-4-5-16-29-22)24-15-14-23(34-24)19-7-6-8-20(17-19)27(32)33-2/h4-17,25-26H,3H2,1-2H3,(H,30,35)/t25-,26-/m1/s1. The number of furan rings is 1. The zero-order chi connectivity index (χ0) is 24.4. The van der Waals surface area contributed by atoms with Gasteiger partial charge in [0.2, 0.25) is 0 Å². The number of pyridine rings is 1. The highest BCUT2D eigenvalue weighted by atomic mass is 32.1. The minimum atomic E-state index is -0.388. The fourth-order valence-electron chi connectivity index (χ4n) is 4.40. The van der Waals surface area contributed by atoms with Gasteiger partial charge in [-0.15, -0.1) is 0 Å². The molecule has 1 aliphatic rings. The van der Waals surface area contributed by atoms with E-state index in [2.05, 4.69) is 46.4 Å². The zero-order valence-corrected chi connectivity index (χ0v) is 20.3. The van der Waals surface area contributed by atoms with E-state index in [0.717, 1.165) is 29.1 Å². The molecule has 5 rings (SSSR count). The molecule has 6 nitrogen and oxygen atoms in total. The van der Waals surface area contributed by atoms with Crippen LogP contribution >= 0.6 is 12.2 Å². The first kappa shape index (κ1) is 22.8. The second-order valence-corrected chi connectivity index (χ2v) is 8.68. The van der Waals surface area contributed by atoms with Crippen molar-refractivity contribution in [3.05, 3.63) is 108 Å². The minimum absolute atomic E-state index is 0.199. The molecule has 0 aliphatic carbocycles. The van der Waals surface area contributed by atoms with Crippen molar-refractivity contribution in [3.63, 3.8) is 0 Å². The van der Waals surface area contributed by atoms with E-state index >= 15 is 0 Å². The maximum absolute atomic E-state index is 12.0. The quantitative estimate of drug-likeness (QED) is 0.272. The predicted octanol–water partition coefficient (Wildman–Crippen LogP) is 5.87. The summed E-state index contributed by atoms with van der Waals surface area (Å²) in [4.78, 5) is 18.7. The third kappa shape index (κ3) is 4.42. The predicted molar refractivity (Wildman–Crippen MR) is 139 cm³/mol. The van der Waals surface area contributed by atoms with Crippen molar-refractivity contribution in [1.82, 2.24) is 10.3 Å². The van der Waals surface area contributed by atoms with E-state index in [1.54, 1.807) is 18.3 Å². The van der Waals surface area contributed by atoms with Crippen molar-refractivity contribution in [2.24, 2.45) is 0 Å². The van der Waals surface area contributed by atoms with Gasteiger partial charge in [-0.3, -0.25) is 4.98 Å². The van der Waals surface area contributed by atoms with Gasteiger partial charge in [-0.25, -0.2) is 4.79 Å². The Balaban J connectivity index is 1.56. The highest BCUT2D eigenvalue weighted by Gasteiger charge is 2.42. The maximum atomic E-state index is 12.0. The molecule has 0 spiro atoms. The van der Waals surface area contributed by atoms with Crippen molar-refractivity contribution in [1.29, 1.82) is 0 Å². The summed E-state index contributed by atoms with van der Waals surface area (Å²) in [7, 11) is 1.37. The van der Waals surface area contributed by atoms with Crippen molar-refractivity contribution in [3.8, 4) is 11.3 Å². The van der Waals surface area contributed by atoms with Gasteiger partial charge in [0.1, 0.15) is 17.6 Å². The number of anilines is 1. The molecule has 0 saturated carbocycles. The van der Waals surface area contributed by atoms with Crippen LogP contribution in [0.1, 0.15) is 46.4 Å². The first-order valence-corrected chi connectivity index (χ1v) is 11.9. The van der Waals surface area contributed by atoms with Crippen LogP contribution in [-0.4, -0.2) is 23.2 Å². The van der Waals surface area contributed by atoms with Gasteiger partial charge in [0.15, 0.2) is 5.11 Å². The number of carbonyl (C=O) groups is 1. The van der Waals surface area contributed by atoms with Gasteiger partial charge in [-0.2, -0.15) is 0 Å². The molecule has 4 aromatic rings. The smallest absolute Gasteiger partial charge is 0.337 e. The Kier molecular flexibility index (Phi) is 6.33. The van der Waals surface area contributed by atoms with E-state index < -0.39 is 0 Å². The summed E-state index contributed by atoms with van der Waals surface area (Å²) in [6.07, 6.45) is 2.75. The van der Waals surface area contributed by atoms with Crippen LogP contribution in [0.25, 0.3) is 11.3 Å². The Morgan fingerprint density at radius 1 is 1.09 bits per heavy atom. The lowest BCUT2D eigenvalue weighted by Gasteiger charge is -2.26. The number of benzene rings is 2. The fourth-order valence-corrected chi connectivity index (χ4v) is 4.74. The van der Waals surface area contributed by atoms with Crippen LogP contribution in [0.15, 0.2) is 89.5 Å². The van der Waals surface area contributed by atoms with Crippen molar-refractivity contribution < 1.29 is 13.9 Å². The van der Waals surface area contributed by atoms with Crippen LogP contribution in [0.4, 0.5) is 5.69 Å².